The van der Waals surface area contributed by atoms with Gasteiger partial charge in [0.2, 0.25) is 0 Å². The Morgan fingerprint density at radius 2 is 0.247 bits per heavy atom. The van der Waals surface area contributed by atoms with Crippen LogP contribution >= 0.6 is 0 Å². The predicted octanol–water partition coefficient (Wildman–Crippen LogP) is 17.6. The molecule has 9 atom stereocenters. The van der Waals surface area contributed by atoms with Crippen molar-refractivity contribution in [2.75, 3.05) is 0 Å². The number of ether oxygens (including phenoxy) is 9. The first-order valence-electron chi connectivity index (χ1n) is 19.6. The summed E-state index contributed by atoms with van der Waals surface area (Å²) in [7, 11) is 0. The van der Waals surface area contributed by atoms with Gasteiger partial charge in [-0.2, -0.15) is 255 Å². The monoisotopic (exact) mass is 1610 g/mol. The van der Waals surface area contributed by atoms with Gasteiger partial charge in [0.25, 0.3) is 0 Å². The third-order valence-corrected chi connectivity index (χ3v) is 9.28. The second kappa shape index (κ2) is 24.2. The minimum atomic E-state index is -10.4. The van der Waals surface area contributed by atoms with Crippen LogP contribution in [0.1, 0.15) is 0 Å². The van der Waals surface area contributed by atoms with Crippen molar-refractivity contribution in [1.82, 2.24) is 0 Å². The van der Waals surface area contributed by atoms with Gasteiger partial charge in [0.1, 0.15) is 0 Å². The molecule has 0 radical (unpaired) electrons. The van der Waals surface area contributed by atoms with E-state index in [0.717, 1.165) is 9.47 Å². The Balaban J connectivity index is 8.78. The molecule has 0 fully saturated rings. The molecule has 0 aliphatic carbocycles. The summed E-state index contributed by atoms with van der Waals surface area (Å²) in [6.07, 6.45) is -182. The maximum Gasteiger partial charge on any atom is 0.483 e. The third-order valence-electron chi connectivity index (χ3n) is 9.28. The van der Waals surface area contributed by atoms with Crippen molar-refractivity contribution in [3.05, 3.63) is 0 Å². The standard InChI is InChI=1S/C29F58O10/c30-1(88)2(31,11(40,41)42)89-21(70,71)3(32,12(43,44)45)90-22(72,73)4(33,13(46,47)48)91-23(74,75)5(34,14(49,50)51)92-24(76,77)6(35,15(52,53)54)93-25(78,79)7(36,16(55,56)57)94-26(80,81)8(37,17(58,59)60)95-27(82,83)9(38,18(61,62)63)96-28(84,85)10(39,19(64,65)66)97-29(86,87)20(67,68)69. The van der Waals surface area contributed by atoms with E-state index in [0.29, 0.717) is 33.2 Å². The van der Waals surface area contributed by atoms with Crippen molar-refractivity contribution in [3.8, 4) is 0 Å². The lowest BCUT2D eigenvalue weighted by atomic mass is 10.1. The molecule has 10 nitrogen and oxygen atoms in total. The highest BCUT2D eigenvalue weighted by Gasteiger charge is 2.95. The van der Waals surface area contributed by atoms with Gasteiger partial charge < -0.3 is 0 Å². The molecule has 0 aromatic rings. The quantitative estimate of drug-likeness (QED) is 0.0584. The van der Waals surface area contributed by atoms with Crippen molar-refractivity contribution >= 4 is 6.04 Å². The van der Waals surface area contributed by atoms with Crippen LogP contribution in [0.3, 0.4) is 0 Å². The van der Waals surface area contributed by atoms with Gasteiger partial charge in [0.15, 0.2) is 0 Å². The van der Waals surface area contributed by atoms with Crippen LogP contribution in [0.25, 0.3) is 0 Å². The predicted molar refractivity (Wildman–Crippen MR) is 156 cm³/mol. The molecule has 0 amide bonds. The first-order chi connectivity index (χ1) is 40.8. The Morgan fingerprint density at radius 1 is 0.144 bits per heavy atom. The van der Waals surface area contributed by atoms with E-state index in [2.05, 4.69) is 0 Å². The number of carbonyl (C=O) groups is 1. The van der Waals surface area contributed by atoms with Gasteiger partial charge in [0, 0.05) is 0 Å². The molecule has 0 rings (SSSR count). The van der Waals surface area contributed by atoms with E-state index in [9.17, 15) is 246 Å². The summed E-state index contributed by atoms with van der Waals surface area (Å²) >= 11 is 0. The second-order valence-corrected chi connectivity index (χ2v) is 16.2. The zero-order chi connectivity index (χ0) is 79.9. The van der Waals surface area contributed by atoms with Gasteiger partial charge in [-0.25, -0.2) is 0 Å². The highest BCUT2D eigenvalue weighted by Crippen LogP contribution is 2.66. The molecular weight excluding hydrogens is 1610 g/mol. The molecule has 0 saturated heterocycles. The van der Waals surface area contributed by atoms with Crippen molar-refractivity contribution in [2.45, 2.75) is 169 Å². The molecule has 0 aliphatic rings. The number of alkyl halides is 57. The molecule has 0 saturated carbocycles. The van der Waals surface area contributed by atoms with Crippen LogP contribution in [0.15, 0.2) is 0 Å². The summed E-state index contributed by atoms with van der Waals surface area (Å²) in [6, 6.07) is -5.52. The molecule has 0 N–H and O–H groups in total. The Labute approximate surface area is 479 Å². The molecule has 582 valence electrons. The summed E-state index contributed by atoms with van der Waals surface area (Å²) in [4.78, 5) is 10.2. The van der Waals surface area contributed by atoms with E-state index in [1.54, 1.807) is 0 Å². The first-order valence-corrected chi connectivity index (χ1v) is 19.6. The van der Waals surface area contributed by atoms with E-state index < -0.39 is 175 Å². The van der Waals surface area contributed by atoms with Crippen LogP contribution in [-0.2, 0) is 47.4 Å². The third kappa shape index (κ3) is 15.4. The number of rotatable bonds is 27. The summed E-state index contributed by atoms with van der Waals surface area (Å²) in [5.41, 5.74) is 0. The molecule has 0 aromatic heterocycles. The number of halogens is 58. The van der Waals surface area contributed by atoms with Gasteiger partial charge in [-0.15, -0.1) is 0 Å². The Kier molecular flexibility index (Phi) is 23.0. The molecule has 68 heteroatoms. The lowest BCUT2D eigenvalue weighted by Crippen LogP contribution is -2.74. The molecule has 0 aromatic carbocycles. The summed E-state index contributed by atoms with van der Waals surface area (Å²) in [5, 5.41) is 0. The zero-order valence-electron chi connectivity index (χ0n) is 40.5. The maximum atomic E-state index is 15.1. The Bertz CT molecular complexity index is 2740. The fourth-order valence-corrected chi connectivity index (χ4v) is 4.64. The molecule has 0 aliphatic heterocycles. The van der Waals surface area contributed by atoms with Crippen molar-refractivity contribution in [1.29, 1.82) is 0 Å². The summed E-state index contributed by atoms with van der Waals surface area (Å²) in [6.45, 7) is 0. The summed E-state index contributed by atoms with van der Waals surface area (Å²) in [5.74, 6) is -88.6. The van der Waals surface area contributed by atoms with Crippen molar-refractivity contribution in [3.63, 3.8) is 0 Å². The molecule has 0 bridgehead atoms. The van der Waals surface area contributed by atoms with E-state index in [1.165, 1.54) is 0 Å². The minimum absolute atomic E-state index is 0.322. The van der Waals surface area contributed by atoms with Gasteiger partial charge in [0.05, 0.1) is 0 Å². The first kappa shape index (κ1) is 92.2. The molecular formula is C29F58O10. The molecule has 9 unspecified atom stereocenters. The summed E-state index contributed by atoms with van der Waals surface area (Å²) < 4.78 is 805. The number of hydrogen-bond acceptors (Lipinski definition) is 10. The van der Waals surface area contributed by atoms with Crippen molar-refractivity contribution in [2.24, 2.45) is 0 Å². The average molecular weight is 1610 g/mol. The van der Waals surface area contributed by atoms with E-state index >= 15 is 13.2 Å². The van der Waals surface area contributed by atoms with Crippen LogP contribution in [-0.4, -0.2) is 175 Å². The SMILES string of the molecule is O=C(F)C(F)(OC(F)(F)C(F)(OC(F)(F)C(F)(OC(F)(F)C(F)(OC(F)(F)C(F)(OC(F)(F)C(F)(OC(F)(F)C(F)(OC(F)(F)C(F)(OC(F)(F)C(F)(OC(F)(F)C(F)(F)F)C(F)(F)F)C(F)(F)F)C(F)(F)F)C(F)(F)F)C(F)(F)F)C(F)(F)F)C(F)(F)F)C(F)(F)F)C(F)(F)F. The van der Waals surface area contributed by atoms with Crippen molar-refractivity contribution < 1.29 is 302 Å². The van der Waals surface area contributed by atoms with Gasteiger partial charge in [-0.3, -0.25) is 47.4 Å². The highest BCUT2D eigenvalue weighted by atomic mass is 19.5. The van der Waals surface area contributed by atoms with E-state index in [-0.39, 0.29) is 0 Å². The zero-order valence-corrected chi connectivity index (χ0v) is 40.5. The average Bonchev–Trinajstić information content (AvgIpc) is 0.715. The van der Waals surface area contributed by atoms with Crippen LogP contribution in [0.4, 0.5) is 255 Å². The van der Waals surface area contributed by atoms with Crippen LogP contribution in [0.2, 0.25) is 0 Å². The van der Waals surface area contributed by atoms with Gasteiger partial charge >= 0.3 is 175 Å². The van der Waals surface area contributed by atoms with E-state index in [1.807, 2.05) is 0 Å². The fourth-order valence-electron chi connectivity index (χ4n) is 4.64. The molecule has 0 spiro atoms. The Hall–Kier alpha value is -4.75. The van der Waals surface area contributed by atoms with Crippen LogP contribution in [0, 0.1) is 0 Å². The second-order valence-electron chi connectivity index (χ2n) is 16.2. The fraction of sp³-hybridized carbons (Fsp3) is 0.966. The van der Waals surface area contributed by atoms with Gasteiger partial charge in [-0.05, 0) is 0 Å². The lowest BCUT2D eigenvalue weighted by molar-refractivity contribution is -0.612. The number of hydrogen-bond donors (Lipinski definition) is 0. The number of carbonyl (C=O) groups excluding carboxylic acids is 1. The van der Waals surface area contributed by atoms with Crippen LogP contribution in [0.5, 0.6) is 0 Å². The highest BCUT2D eigenvalue weighted by molar-refractivity contribution is 5.77. The Morgan fingerprint density at radius 3 is 0.330 bits per heavy atom. The topological polar surface area (TPSA) is 100 Å². The largest absolute Gasteiger partial charge is 0.483 e. The maximum absolute atomic E-state index is 15.1. The minimum Gasteiger partial charge on any atom is -0.263 e. The molecule has 97 heavy (non-hydrogen) atoms. The normalized spacial score (nSPS) is 21.4. The van der Waals surface area contributed by atoms with Crippen LogP contribution < -0.4 is 0 Å². The smallest absolute Gasteiger partial charge is 0.263 e. The van der Waals surface area contributed by atoms with Gasteiger partial charge in [-0.1, -0.05) is 0 Å². The van der Waals surface area contributed by atoms with E-state index in [4.69, 9.17) is 0 Å². The lowest BCUT2D eigenvalue weighted by Gasteiger charge is -2.45. The molecule has 0 heterocycles.